The van der Waals surface area contributed by atoms with E-state index in [9.17, 15) is 17.2 Å². The zero-order chi connectivity index (χ0) is 10.8. The highest BCUT2D eigenvalue weighted by Gasteiger charge is 2.41. The van der Waals surface area contributed by atoms with Gasteiger partial charge in [0.05, 0.1) is 6.26 Å². The van der Waals surface area contributed by atoms with Gasteiger partial charge in [-0.3, -0.25) is 0 Å². The Morgan fingerprint density at radius 3 is 2.71 bits per heavy atom. The van der Waals surface area contributed by atoms with Crippen LogP contribution in [0.1, 0.15) is 6.42 Å². The van der Waals surface area contributed by atoms with Crippen LogP contribution in [0.25, 0.3) is 0 Å². The quantitative estimate of drug-likeness (QED) is 0.702. The second-order valence-corrected chi connectivity index (χ2v) is 5.37. The fourth-order valence-corrected chi connectivity index (χ4v) is 1.86. The molecule has 0 amide bonds. The predicted octanol–water partition coefficient (Wildman–Crippen LogP) is -0.220. The van der Waals surface area contributed by atoms with Crippen molar-refractivity contribution in [3.05, 3.63) is 0 Å². The van der Waals surface area contributed by atoms with E-state index >= 15 is 0 Å². The van der Waals surface area contributed by atoms with Crippen molar-refractivity contribution in [2.24, 2.45) is 5.92 Å². The lowest BCUT2D eigenvalue weighted by molar-refractivity contribution is -0.0753. The van der Waals surface area contributed by atoms with Crippen molar-refractivity contribution in [1.82, 2.24) is 10.0 Å². The molecule has 1 rings (SSSR count). The lowest BCUT2D eigenvalue weighted by Gasteiger charge is -2.31. The molecule has 1 saturated heterocycles. The summed E-state index contributed by atoms with van der Waals surface area (Å²) in [7, 11) is -3.38. The number of rotatable bonds is 3. The van der Waals surface area contributed by atoms with Crippen LogP contribution in [0.5, 0.6) is 0 Å². The minimum Gasteiger partial charge on any atom is -0.316 e. The largest absolute Gasteiger partial charge is 0.316 e. The number of hydrogen-bond acceptors (Lipinski definition) is 3. The normalized spacial score (nSPS) is 27.5. The van der Waals surface area contributed by atoms with Crippen molar-refractivity contribution in [2.75, 3.05) is 25.9 Å². The summed E-state index contributed by atoms with van der Waals surface area (Å²) < 4.78 is 49.9. The van der Waals surface area contributed by atoms with Crippen LogP contribution in [0.2, 0.25) is 0 Å². The van der Waals surface area contributed by atoms with Gasteiger partial charge in [-0.05, 0) is 0 Å². The van der Waals surface area contributed by atoms with Crippen LogP contribution in [-0.4, -0.2) is 40.2 Å². The second-order valence-electron chi connectivity index (χ2n) is 3.53. The van der Waals surface area contributed by atoms with E-state index < -0.39 is 21.9 Å². The molecule has 14 heavy (non-hydrogen) atoms. The Kier molecular flexibility index (Phi) is 3.44. The Morgan fingerprint density at radius 1 is 1.57 bits per heavy atom. The number of sulfonamides is 1. The maximum atomic E-state index is 13.2. The second kappa shape index (κ2) is 4.08. The van der Waals surface area contributed by atoms with Crippen LogP contribution in [0.4, 0.5) is 8.78 Å². The minimum atomic E-state index is -3.38. The molecule has 0 spiro atoms. The average Bonchev–Trinajstić information content (AvgIpc) is 2.00. The van der Waals surface area contributed by atoms with Crippen LogP contribution in [0.3, 0.4) is 0 Å². The molecule has 0 aromatic carbocycles. The zero-order valence-electron chi connectivity index (χ0n) is 7.89. The van der Waals surface area contributed by atoms with Crippen LogP contribution in [0.15, 0.2) is 0 Å². The molecule has 7 heteroatoms. The number of hydrogen-bond donors (Lipinski definition) is 2. The number of piperidine rings is 1. The highest BCUT2D eigenvalue weighted by atomic mass is 32.2. The Bertz CT molecular complexity index is 292. The highest BCUT2D eigenvalue weighted by molar-refractivity contribution is 7.88. The molecule has 4 nitrogen and oxygen atoms in total. The summed E-state index contributed by atoms with van der Waals surface area (Å²) in [6.07, 6.45) is 0.727. The Labute approximate surface area is 82.1 Å². The first-order chi connectivity index (χ1) is 6.31. The highest BCUT2D eigenvalue weighted by Crippen LogP contribution is 2.29. The molecule has 0 bridgehead atoms. The van der Waals surface area contributed by atoms with Crippen LogP contribution < -0.4 is 10.0 Å². The molecule has 1 heterocycles. The topological polar surface area (TPSA) is 58.2 Å². The molecule has 1 atom stereocenters. The number of halogens is 2. The first kappa shape index (κ1) is 11.8. The van der Waals surface area contributed by atoms with Gasteiger partial charge in [-0.1, -0.05) is 0 Å². The lowest BCUT2D eigenvalue weighted by Crippen LogP contribution is -2.49. The predicted molar refractivity (Wildman–Crippen MR) is 48.8 cm³/mol. The van der Waals surface area contributed by atoms with Gasteiger partial charge >= 0.3 is 0 Å². The molecule has 0 saturated carbocycles. The summed E-state index contributed by atoms with van der Waals surface area (Å²) in [5.41, 5.74) is 0. The zero-order valence-corrected chi connectivity index (χ0v) is 8.70. The van der Waals surface area contributed by atoms with E-state index in [1.165, 1.54) is 0 Å². The van der Waals surface area contributed by atoms with Gasteiger partial charge in [0.25, 0.3) is 5.92 Å². The third kappa shape index (κ3) is 3.47. The Balaban J connectivity index is 2.50. The molecule has 0 aliphatic carbocycles. The maximum absolute atomic E-state index is 13.2. The monoisotopic (exact) mass is 228 g/mol. The van der Waals surface area contributed by atoms with Crippen LogP contribution in [0, 0.1) is 5.92 Å². The maximum Gasteiger partial charge on any atom is 0.254 e. The fraction of sp³-hybridized carbons (Fsp3) is 1.00. The van der Waals surface area contributed by atoms with Gasteiger partial charge in [0.2, 0.25) is 10.0 Å². The van der Waals surface area contributed by atoms with Gasteiger partial charge in [-0.15, -0.1) is 0 Å². The molecular weight excluding hydrogens is 214 g/mol. The Morgan fingerprint density at radius 2 is 2.21 bits per heavy atom. The van der Waals surface area contributed by atoms with Crippen molar-refractivity contribution in [3.63, 3.8) is 0 Å². The summed E-state index contributed by atoms with van der Waals surface area (Å²) >= 11 is 0. The fourth-order valence-electron chi connectivity index (χ4n) is 1.36. The number of alkyl halides is 2. The first-order valence-corrected chi connectivity index (χ1v) is 6.23. The van der Waals surface area contributed by atoms with E-state index in [-0.39, 0.29) is 26.1 Å². The van der Waals surface area contributed by atoms with Gasteiger partial charge in [0.15, 0.2) is 0 Å². The molecule has 0 radical (unpaired) electrons. The summed E-state index contributed by atoms with van der Waals surface area (Å²) in [5, 5.41) is 2.81. The SMILES string of the molecule is CS(=O)(=O)NCC1CNCCC1(F)F. The standard InChI is InChI=1S/C7H14F2N2O2S/c1-14(12,13)11-5-6-4-10-3-2-7(6,8)9/h6,10-11H,2-5H2,1H3. The summed E-state index contributed by atoms with van der Waals surface area (Å²) in [5.74, 6) is -3.73. The molecule has 1 aliphatic heterocycles. The van der Waals surface area contributed by atoms with Crippen molar-refractivity contribution in [1.29, 1.82) is 0 Å². The molecule has 0 aromatic rings. The van der Waals surface area contributed by atoms with Gasteiger partial charge < -0.3 is 5.32 Å². The summed E-state index contributed by atoms with van der Waals surface area (Å²) in [4.78, 5) is 0. The summed E-state index contributed by atoms with van der Waals surface area (Å²) in [6, 6.07) is 0. The molecule has 84 valence electrons. The van der Waals surface area contributed by atoms with Gasteiger partial charge in [0, 0.05) is 32.0 Å². The molecule has 1 unspecified atom stereocenters. The van der Waals surface area contributed by atoms with Gasteiger partial charge in [-0.2, -0.15) is 0 Å². The minimum absolute atomic E-state index is 0.148. The van der Waals surface area contributed by atoms with Crippen molar-refractivity contribution in [2.45, 2.75) is 12.3 Å². The lowest BCUT2D eigenvalue weighted by atomic mass is 9.95. The van der Waals surface area contributed by atoms with Crippen molar-refractivity contribution < 1.29 is 17.2 Å². The van der Waals surface area contributed by atoms with E-state index in [1.54, 1.807) is 0 Å². The molecule has 1 fully saturated rings. The molecule has 2 N–H and O–H groups in total. The van der Waals surface area contributed by atoms with Crippen molar-refractivity contribution >= 4 is 10.0 Å². The average molecular weight is 228 g/mol. The van der Waals surface area contributed by atoms with Gasteiger partial charge in [-0.25, -0.2) is 21.9 Å². The Hall–Kier alpha value is -0.270. The van der Waals surface area contributed by atoms with Crippen LogP contribution >= 0.6 is 0 Å². The smallest absolute Gasteiger partial charge is 0.254 e. The van der Waals surface area contributed by atoms with E-state index in [0.717, 1.165) is 6.26 Å². The molecule has 1 aliphatic rings. The third-order valence-corrected chi connectivity index (χ3v) is 2.91. The first-order valence-electron chi connectivity index (χ1n) is 4.34. The van der Waals surface area contributed by atoms with Gasteiger partial charge in [0.1, 0.15) is 0 Å². The third-order valence-electron chi connectivity index (χ3n) is 2.22. The van der Waals surface area contributed by atoms with E-state index in [4.69, 9.17) is 0 Å². The van der Waals surface area contributed by atoms with E-state index in [1.807, 2.05) is 0 Å². The molecular formula is C7H14F2N2O2S. The van der Waals surface area contributed by atoms with Crippen molar-refractivity contribution in [3.8, 4) is 0 Å². The van der Waals surface area contributed by atoms with Crippen LogP contribution in [-0.2, 0) is 10.0 Å². The van der Waals surface area contributed by atoms with E-state index in [0.29, 0.717) is 0 Å². The van der Waals surface area contributed by atoms with E-state index in [2.05, 4.69) is 10.0 Å². The summed E-state index contributed by atoms with van der Waals surface area (Å²) in [6.45, 7) is 0.219. The molecule has 0 aromatic heterocycles. The number of nitrogens with one attached hydrogen (secondary N) is 2.